The molecule has 0 aromatic heterocycles. The summed E-state index contributed by atoms with van der Waals surface area (Å²) >= 11 is 0. The second-order valence-corrected chi connectivity index (χ2v) is 5.69. The SMILES string of the molecule is C[N+](C)(C)CCOP=O.NCCc1ccc(O)c(O)c1. The standard InChI is InChI=1S/C8H11NO2.C5H13NO2P/c9-4-3-6-1-2-7(10)8(11)5-6;1-6(2,3)4-5-8-9-7/h1-2,5,10-11H,3-4,9H2;4-5H2,1-3H3/q;+1. The summed E-state index contributed by atoms with van der Waals surface area (Å²) in [6.45, 7) is 1.98. The Bertz CT molecular complexity index is 408. The highest BCUT2D eigenvalue weighted by molar-refractivity contribution is 7.17. The van der Waals surface area contributed by atoms with E-state index in [1.807, 2.05) is 0 Å². The van der Waals surface area contributed by atoms with Crippen molar-refractivity contribution in [3.63, 3.8) is 0 Å². The van der Waals surface area contributed by atoms with Crippen LogP contribution in [0.4, 0.5) is 0 Å². The molecular weight excluding hydrogens is 279 g/mol. The van der Waals surface area contributed by atoms with Gasteiger partial charge < -0.3 is 20.4 Å². The van der Waals surface area contributed by atoms with Gasteiger partial charge in [0.05, 0.1) is 21.1 Å². The normalized spacial score (nSPS) is 11.0. The fourth-order valence-electron chi connectivity index (χ4n) is 1.24. The van der Waals surface area contributed by atoms with E-state index in [4.69, 9.17) is 15.9 Å². The van der Waals surface area contributed by atoms with E-state index in [0.29, 0.717) is 19.6 Å². The van der Waals surface area contributed by atoms with Gasteiger partial charge in [-0.05, 0) is 30.7 Å². The van der Waals surface area contributed by atoms with Crippen LogP contribution in [0.3, 0.4) is 0 Å². The molecule has 0 fully saturated rings. The maximum Gasteiger partial charge on any atom is 0.327 e. The van der Waals surface area contributed by atoms with E-state index >= 15 is 0 Å². The first-order valence-corrected chi connectivity index (χ1v) is 6.99. The molecule has 0 unspecified atom stereocenters. The summed E-state index contributed by atoms with van der Waals surface area (Å²) in [6.07, 6.45) is 0.716. The van der Waals surface area contributed by atoms with Gasteiger partial charge in [0.1, 0.15) is 13.2 Å². The van der Waals surface area contributed by atoms with Crippen molar-refractivity contribution in [2.24, 2.45) is 5.73 Å². The molecule has 0 bridgehead atoms. The topological polar surface area (TPSA) is 92.8 Å². The van der Waals surface area contributed by atoms with Crippen LogP contribution in [0.5, 0.6) is 11.5 Å². The van der Waals surface area contributed by atoms with E-state index in [2.05, 4.69) is 25.7 Å². The van der Waals surface area contributed by atoms with Crippen LogP contribution in [0.15, 0.2) is 18.2 Å². The van der Waals surface area contributed by atoms with Crippen LogP contribution >= 0.6 is 8.69 Å². The molecule has 0 aliphatic heterocycles. The lowest BCUT2D eigenvalue weighted by Gasteiger charge is -2.22. The molecule has 1 rings (SSSR count). The van der Waals surface area contributed by atoms with Crippen LogP contribution in [0.25, 0.3) is 0 Å². The molecule has 0 spiro atoms. The van der Waals surface area contributed by atoms with Gasteiger partial charge in [-0.2, -0.15) is 0 Å². The monoisotopic (exact) mass is 303 g/mol. The van der Waals surface area contributed by atoms with Gasteiger partial charge in [-0.1, -0.05) is 6.07 Å². The molecule has 4 N–H and O–H groups in total. The van der Waals surface area contributed by atoms with Gasteiger partial charge in [-0.15, -0.1) is 0 Å². The molecule has 0 aliphatic rings. The highest BCUT2D eigenvalue weighted by atomic mass is 31.1. The minimum atomic E-state index is -0.217. The second-order valence-electron chi connectivity index (χ2n) is 5.28. The van der Waals surface area contributed by atoms with Crippen LogP contribution in [-0.4, -0.2) is 55.5 Å². The van der Waals surface area contributed by atoms with Gasteiger partial charge in [0.15, 0.2) is 11.5 Å². The number of phenolic OH excluding ortho intramolecular Hbond substituents is 2. The van der Waals surface area contributed by atoms with Crippen molar-refractivity contribution in [1.82, 2.24) is 0 Å². The number of rotatable bonds is 6. The predicted octanol–water partition coefficient (Wildman–Crippen LogP) is 1.51. The van der Waals surface area contributed by atoms with Gasteiger partial charge in [0.2, 0.25) is 0 Å². The van der Waals surface area contributed by atoms with Crippen LogP contribution < -0.4 is 5.73 Å². The Balaban J connectivity index is 0.000000370. The summed E-state index contributed by atoms with van der Waals surface area (Å²) in [5, 5.41) is 18.0. The lowest BCUT2D eigenvalue weighted by molar-refractivity contribution is -0.870. The molecule has 0 radical (unpaired) electrons. The van der Waals surface area contributed by atoms with Gasteiger partial charge in [-0.3, -0.25) is 4.52 Å². The maximum absolute atomic E-state index is 9.76. The number of likely N-dealkylation sites (N-methyl/N-ethyl adjacent to an activating group) is 1. The van der Waals surface area contributed by atoms with Crippen molar-refractivity contribution in [3.8, 4) is 11.5 Å². The van der Waals surface area contributed by atoms with E-state index < -0.39 is 0 Å². The first-order valence-electron chi connectivity index (χ1n) is 6.26. The van der Waals surface area contributed by atoms with Crippen molar-refractivity contribution in [2.75, 3.05) is 40.8 Å². The average Bonchev–Trinajstić information content (AvgIpc) is 2.34. The lowest BCUT2D eigenvalue weighted by atomic mass is 10.1. The van der Waals surface area contributed by atoms with Crippen molar-refractivity contribution in [1.29, 1.82) is 0 Å². The Morgan fingerprint density at radius 2 is 1.90 bits per heavy atom. The van der Waals surface area contributed by atoms with E-state index in [1.54, 1.807) is 6.07 Å². The van der Waals surface area contributed by atoms with Crippen molar-refractivity contribution in [3.05, 3.63) is 23.8 Å². The summed E-state index contributed by atoms with van der Waals surface area (Å²) in [5.74, 6) is -0.179. The summed E-state index contributed by atoms with van der Waals surface area (Å²) in [5.41, 5.74) is 6.24. The van der Waals surface area contributed by atoms with Crippen molar-refractivity contribution >= 4 is 8.69 Å². The first-order chi connectivity index (χ1) is 9.30. The molecule has 0 aliphatic carbocycles. The van der Waals surface area contributed by atoms with Crippen LogP contribution in [0, 0.1) is 0 Å². The number of quaternary nitrogens is 1. The smallest absolute Gasteiger partial charge is 0.327 e. The number of benzene rings is 1. The molecule has 7 heteroatoms. The van der Waals surface area contributed by atoms with Crippen molar-refractivity contribution < 1.29 is 23.8 Å². The zero-order chi connectivity index (χ0) is 15.6. The zero-order valence-corrected chi connectivity index (χ0v) is 13.1. The third-order valence-electron chi connectivity index (χ3n) is 2.38. The molecule has 1 aromatic rings. The second kappa shape index (κ2) is 9.66. The number of nitrogens with two attached hydrogens (primary N) is 1. The van der Waals surface area contributed by atoms with Gasteiger partial charge in [0, 0.05) is 0 Å². The average molecular weight is 303 g/mol. The Hall–Kier alpha value is -1.20. The number of hydrogen-bond donors (Lipinski definition) is 3. The number of phenols is 2. The minimum Gasteiger partial charge on any atom is -0.504 e. The molecule has 6 nitrogen and oxygen atoms in total. The summed E-state index contributed by atoms with van der Waals surface area (Å²) in [7, 11) is 5.96. The van der Waals surface area contributed by atoms with Gasteiger partial charge in [0.25, 0.3) is 0 Å². The fourth-order valence-corrected chi connectivity index (χ4v) is 1.40. The third-order valence-corrected chi connectivity index (χ3v) is 2.67. The molecule has 114 valence electrons. The summed E-state index contributed by atoms with van der Waals surface area (Å²) in [4.78, 5) is 0. The van der Waals surface area contributed by atoms with Gasteiger partial charge in [-0.25, -0.2) is 4.57 Å². The zero-order valence-electron chi connectivity index (χ0n) is 12.2. The molecule has 0 amide bonds. The van der Waals surface area contributed by atoms with E-state index in [-0.39, 0.29) is 20.2 Å². The Morgan fingerprint density at radius 1 is 1.25 bits per heavy atom. The van der Waals surface area contributed by atoms with Crippen LogP contribution in [0.1, 0.15) is 5.56 Å². The maximum atomic E-state index is 9.76. The largest absolute Gasteiger partial charge is 0.504 e. The van der Waals surface area contributed by atoms with Crippen LogP contribution in [0.2, 0.25) is 0 Å². The van der Waals surface area contributed by atoms with Gasteiger partial charge >= 0.3 is 8.69 Å². The quantitative estimate of drug-likeness (QED) is 0.321. The fraction of sp³-hybridized carbons (Fsp3) is 0.538. The molecule has 20 heavy (non-hydrogen) atoms. The summed E-state index contributed by atoms with van der Waals surface area (Å²) in [6, 6.07) is 4.71. The lowest BCUT2D eigenvalue weighted by Crippen LogP contribution is -2.37. The Kier molecular flexibility index (Phi) is 9.08. The minimum absolute atomic E-state index is 0.0871. The summed E-state index contributed by atoms with van der Waals surface area (Å²) < 4.78 is 15.2. The first kappa shape index (κ1) is 18.8. The molecule has 0 saturated carbocycles. The number of hydrogen-bond acceptors (Lipinski definition) is 5. The van der Waals surface area contributed by atoms with Crippen molar-refractivity contribution in [2.45, 2.75) is 6.42 Å². The number of nitrogens with zero attached hydrogens (tertiary/aromatic N) is 1. The van der Waals surface area contributed by atoms with Crippen LogP contribution in [-0.2, 0) is 15.5 Å². The van der Waals surface area contributed by atoms with E-state index in [1.165, 1.54) is 12.1 Å². The van der Waals surface area contributed by atoms with E-state index in [9.17, 15) is 4.57 Å². The highest BCUT2D eigenvalue weighted by Gasteiger charge is 2.04. The number of aromatic hydroxyl groups is 2. The third kappa shape index (κ3) is 9.69. The highest BCUT2D eigenvalue weighted by Crippen LogP contribution is 2.24. The molecule has 1 aromatic carbocycles. The molecule has 0 heterocycles. The molecule has 0 saturated heterocycles. The van der Waals surface area contributed by atoms with E-state index in [0.717, 1.165) is 16.6 Å². The molecule has 0 atom stereocenters. The molecular formula is C13H24N2O4P+. The Morgan fingerprint density at radius 3 is 2.35 bits per heavy atom. The predicted molar refractivity (Wildman–Crippen MR) is 79.0 cm³/mol. The Labute approximate surface area is 121 Å².